The van der Waals surface area contributed by atoms with Crippen LogP contribution in [-0.2, 0) is 14.3 Å². The van der Waals surface area contributed by atoms with Gasteiger partial charge >= 0.3 is 5.97 Å². The molecular weight excluding hydrogens is 338 g/mol. The Hall–Kier alpha value is -3.16. The van der Waals surface area contributed by atoms with Gasteiger partial charge in [0.05, 0.1) is 0 Å². The first kappa shape index (κ1) is 19.2. The fourth-order valence-electron chi connectivity index (χ4n) is 2.19. The van der Waals surface area contributed by atoms with Crippen molar-refractivity contribution in [3.8, 4) is 0 Å². The Kier molecular flexibility index (Phi) is 6.48. The summed E-state index contributed by atoms with van der Waals surface area (Å²) in [4.78, 5) is 36.4. The minimum Gasteiger partial charge on any atom is -0.454 e. The minimum absolute atomic E-state index is 0.213. The van der Waals surface area contributed by atoms with Gasteiger partial charge < -0.3 is 19.9 Å². The van der Waals surface area contributed by atoms with Crippen LogP contribution >= 0.6 is 0 Å². The van der Waals surface area contributed by atoms with Crippen LogP contribution in [0, 0.1) is 12.8 Å². The van der Waals surface area contributed by atoms with Crippen molar-refractivity contribution >= 4 is 23.6 Å². The molecule has 138 valence electrons. The standard InChI is InChI=1S/C18H21N3O5/c1-11(2)16(20-17(23)13-6-4-5-12(3)9-13)18(24)25-10-15(22)19-14-7-8-26-21-14/h4-9,11,16H,10H2,1-3H3,(H,20,23)(H,19,21,22)/t16-/m0/s1. The highest BCUT2D eigenvalue weighted by Gasteiger charge is 2.26. The average molecular weight is 359 g/mol. The van der Waals surface area contributed by atoms with Crippen molar-refractivity contribution in [2.75, 3.05) is 11.9 Å². The number of carbonyl (C=O) groups is 3. The monoisotopic (exact) mass is 359 g/mol. The molecule has 1 aromatic heterocycles. The second-order valence-electron chi connectivity index (χ2n) is 6.11. The quantitative estimate of drug-likeness (QED) is 0.731. The lowest BCUT2D eigenvalue weighted by Gasteiger charge is -2.20. The largest absolute Gasteiger partial charge is 0.454 e. The zero-order chi connectivity index (χ0) is 19.1. The lowest BCUT2D eigenvalue weighted by atomic mass is 10.0. The van der Waals surface area contributed by atoms with Gasteiger partial charge in [-0.2, -0.15) is 0 Å². The van der Waals surface area contributed by atoms with Crippen LogP contribution in [0.5, 0.6) is 0 Å². The number of rotatable bonds is 7. The molecule has 1 atom stereocenters. The number of carbonyl (C=O) groups excluding carboxylic acids is 3. The molecule has 2 aromatic rings. The Balaban J connectivity index is 1.92. The van der Waals surface area contributed by atoms with E-state index in [-0.39, 0.29) is 17.6 Å². The SMILES string of the molecule is Cc1cccc(C(=O)N[C@H](C(=O)OCC(=O)Nc2ccon2)C(C)C)c1. The molecule has 0 unspecified atom stereocenters. The maximum atomic E-state index is 12.3. The van der Waals surface area contributed by atoms with E-state index >= 15 is 0 Å². The Bertz CT molecular complexity index is 771. The van der Waals surface area contributed by atoms with Crippen molar-refractivity contribution in [1.82, 2.24) is 10.5 Å². The molecule has 0 aliphatic heterocycles. The molecule has 2 rings (SSSR count). The van der Waals surface area contributed by atoms with Gasteiger partial charge in [-0.25, -0.2) is 4.79 Å². The number of nitrogens with one attached hydrogen (secondary N) is 2. The van der Waals surface area contributed by atoms with Crippen LogP contribution in [-0.4, -0.2) is 35.6 Å². The van der Waals surface area contributed by atoms with E-state index in [4.69, 9.17) is 4.74 Å². The molecule has 0 fully saturated rings. The summed E-state index contributed by atoms with van der Waals surface area (Å²) in [6.07, 6.45) is 1.30. The van der Waals surface area contributed by atoms with Crippen LogP contribution < -0.4 is 10.6 Å². The van der Waals surface area contributed by atoms with Crippen LogP contribution in [0.15, 0.2) is 41.1 Å². The molecular formula is C18H21N3O5. The molecule has 26 heavy (non-hydrogen) atoms. The number of benzene rings is 1. The maximum absolute atomic E-state index is 12.3. The Morgan fingerprint density at radius 2 is 2.00 bits per heavy atom. The number of hydrogen-bond acceptors (Lipinski definition) is 6. The molecule has 0 saturated carbocycles. The number of aryl methyl sites for hydroxylation is 1. The second-order valence-corrected chi connectivity index (χ2v) is 6.11. The normalized spacial score (nSPS) is 11.7. The van der Waals surface area contributed by atoms with Crippen LogP contribution in [0.3, 0.4) is 0 Å². The Morgan fingerprint density at radius 1 is 1.23 bits per heavy atom. The minimum atomic E-state index is -0.872. The maximum Gasteiger partial charge on any atom is 0.329 e. The molecule has 0 aliphatic carbocycles. The van der Waals surface area contributed by atoms with Crippen LogP contribution in [0.2, 0.25) is 0 Å². The molecule has 0 bridgehead atoms. The predicted molar refractivity (Wildman–Crippen MR) is 93.4 cm³/mol. The fraction of sp³-hybridized carbons (Fsp3) is 0.333. The van der Waals surface area contributed by atoms with E-state index in [1.807, 2.05) is 13.0 Å². The van der Waals surface area contributed by atoms with Crippen molar-refractivity contribution < 1.29 is 23.6 Å². The summed E-state index contributed by atoms with van der Waals surface area (Å²) in [6.45, 7) is 4.93. The summed E-state index contributed by atoms with van der Waals surface area (Å²) in [5.74, 6) is -1.61. The van der Waals surface area contributed by atoms with Gasteiger partial charge in [0, 0.05) is 11.6 Å². The number of aromatic nitrogens is 1. The number of ether oxygens (including phenoxy) is 1. The van der Waals surface area contributed by atoms with E-state index in [1.165, 1.54) is 12.3 Å². The van der Waals surface area contributed by atoms with E-state index in [1.54, 1.807) is 32.0 Å². The third-order valence-corrected chi connectivity index (χ3v) is 3.54. The number of amides is 2. The molecule has 0 radical (unpaired) electrons. The van der Waals surface area contributed by atoms with Crippen LogP contribution in [0.1, 0.15) is 29.8 Å². The van der Waals surface area contributed by atoms with E-state index < -0.39 is 24.5 Å². The first-order valence-electron chi connectivity index (χ1n) is 8.11. The zero-order valence-corrected chi connectivity index (χ0v) is 14.8. The van der Waals surface area contributed by atoms with Crippen LogP contribution in [0.25, 0.3) is 0 Å². The molecule has 2 N–H and O–H groups in total. The highest BCUT2D eigenvalue weighted by Crippen LogP contribution is 2.09. The number of anilines is 1. The molecule has 1 aromatic carbocycles. The fourth-order valence-corrected chi connectivity index (χ4v) is 2.19. The van der Waals surface area contributed by atoms with Crippen molar-refractivity contribution in [2.24, 2.45) is 5.92 Å². The lowest BCUT2D eigenvalue weighted by Crippen LogP contribution is -2.46. The topological polar surface area (TPSA) is 111 Å². The van der Waals surface area contributed by atoms with Gasteiger partial charge in [0.2, 0.25) is 0 Å². The first-order valence-corrected chi connectivity index (χ1v) is 8.11. The van der Waals surface area contributed by atoms with Crippen molar-refractivity contribution in [1.29, 1.82) is 0 Å². The summed E-state index contributed by atoms with van der Waals surface area (Å²) < 4.78 is 9.60. The predicted octanol–water partition coefficient (Wildman–Crippen LogP) is 1.92. The summed E-state index contributed by atoms with van der Waals surface area (Å²) in [7, 11) is 0. The van der Waals surface area contributed by atoms with E-state index in [2.05, 4.69) is 20.3 Å². The molecule has 8 heteroatoms. The third kappa shape index (κ3) is 5.44. The molecule has 0 saturated heterocycles. The number of hydrogen-bond donors (Lipinski definition) is 2. The lowest BCUT2D eigenvalue weighted by molar-refractivity contribution is -0.150. The van der Waals surface area contributed by atoms with Gasteiger partial charge in [0.25, 0.3) is 11.8 Å². The summed E-state index contributed by atoms with van der Waals surface area (Å²) in [5, 5.41) is 8.59. The third-order valence-electron chi connectivity index (χ3n) is 3.54. The van der Waals surface area contributed by atoms with E-state index in [9.17, 15) is 14.4 Å². The summed E-state index contributed by atoms with van der Waals surface area (Å²) in [6, 6.07) is 7.61. The van der Waals surface area contributed by atoms with E-state index in [0.717, 1.165) is 5.56 Å². The number of nitrogens with zero attached hydrogens (tertiary/aromatic N) is 1. The number of esters is 1. The molecule has 0 spiro atoms. The van der Waals surface area contributed by atoms with Gasteiger partial charge in [-0.3, -0.25) is 9.59 Å². The van der Waals surface area contributed by atoms with Gasteiger partial charge in [-0.05, 0) is 25.0 Å². The highest BCUT2D eigenvalue weighted by atomic mass is 16.5. The molecule has 2 amide bonds. The Labute approximate surface area is 150 Å². The zero-order valence-electron chi connectivity index (χ0n) is 14.8. The molecule has 8 nitrogen and oxygen atoms in total. The molecule has 1 heterocycles. The van der Waals surface area contributed by atoms with Gasteiger partial charge in [0.15, 0.2) is 12.4 Å². The summed E-state index contributed by atoms with van der Waals surface area (Å²) >= 11 is 0. The smallest absolute Gasteiger partial charge is 0.329 e. The van der Waals surface area contributed by atoms with Crippen molar-refractivity contribution in [2.45, 2.75) is 26.8 Å². The van der Waals surface area contributed by atoms with Crippen molar-refractivity contribution in [3.05, 3.63) is 47.7 Å². The van der Waals surface area contributed by atoms with Gasteiger partial charge in [-0.15, -0.1) is 0 Å². The van der Waals surface area contributed by atoms with Crippen molar-refractivity contribution in [3.63, 3.8) is 0 Å². The first-order chi connectivity index (χ1) is 12.4. The van der Waals surface area contributed by atoms with Crippen LogP contribution in [0.4, 0.5) is 5.82 Å². The van der Waals surface area contributed by atoms with Gasteiger partial charge in [-0.1, -0.05) is 36.7 Å². The van der Waals surface area contributed by atoms with Gasteiger partial charge in [0.1, 0.15) is 12.3 Å². The Morgan fingerprint density at radius 3 is 2.62 bits per heavy atom. The van der Waals surface area contributed by atoms with E-state index in [0.29, 0.717) is 5.56 Å². The highest BCUT2D eigenvalue weighted by molar-refractivity contribution is 5.97. The average Bonchev–Trinajstić information content (AvgIpc) is 3.10. The second kappa shape index (κ2) is 8.80. The summed E-state index contributed by atoms with van der Waals surface area (Å²) in [5.41, 5.74) is 1.39. The molecule has 0 aliphatic rings.